The van der Waals surface area contributed by atoms with E-state index in [2.05, 4.69) is 30.3 Å². The molecule has 0 radical (unpaired) electrons. The number of hydrogen-bond acceptors (Lipinski definition) is 2. The van der Waals surface area contributed by atoms with Gasteiger partial charge in [-0.2, -0.15) is 0 Å². The van der Waals surface area contributed by atoms with Crippen molar-refractivity contribution in [2.24, 2.45) is 0 Å². The molecule has 2 heteroatoms. The van der Waals surface area contributed by atoms with Gasteiger partial charge in [-0.3, -0.25) is 0 Å². The second-order valence-electron chi connectivity index (χ2n) is 6.60. The van der Waals surface area contributed by atoms with E-state index >= 15 is 0 Å². The lowest BCUT2D eigenvalue weighted by Gasteiger charge is -2.08. The maximum absolute atomic E-state index is 12.5. The monoisotopic (exact) mass is 348 g/mol. The molecule has 1 aliphatic rings. The molecule has 0 amide bonds. The largest absolute Gasteiger partial charge is 0.422 e. The van der Waals surface area contributed by atoms with Crippen molar-refractivity contribution in [1.82, 2.24) is 0 Å². The van der Waals surface area contributed by atoms with Gasteiger partial charge >= 0.3 is 5.97 Å². The zero-order valence-corrected chi connectivity index (χ0v) is 14.6. The highest BCUT2D eigenvalue weighted by molar-refractivity contribution is 6.12. The molecular weight excluding hydrogens is 332 g/mol. The van der Waals surface area contributed by atoms with E-state index in [0.29, 0.717) is 11.3 Å². The zero-order chi connectivity index (χ0) is 18.2. The predicted molar refractivity (Wildman–Crippen MR) is 110 cm³/mol. The van der Waals surface area contributed by atoms with Crippen LogP contribution in [0.3, 0.4) is 0 Å². The van der Waals surface area contributed by atoms with Crippen LogP contribution in [0.1, 0.15) is 11.1 Å². The molecule has 27 heavy (non-hydrogen) atoms. The molecule has 0 unspecified atom stereocenters. The first-order chi connectivity index (χ1) is 13.3. The summed E-state index contributed by atoms with van der Waals surface area (Å²) in [7, 11) is 0. The van der Waals surface area contributed by atoms with E-state index in [1.54, 1.807) is 0 Å². The molecule has 0 aromatic heterocycles. The second kappa shape index (κ2) is 6.26. The molecule has 0 fully saturated rings. The van der Waals surface area contributed by atoms with Crippen molar-refractivity contribution in [3.63, 3.8) is 0 Å². The van der Waals surface area contributed by atoms with E-state index in [9.17, 15) is 4.79 Å². The highest BCUT2D eigenvalue weighted by Crippen LogP contribution is 2.33. The van der Waals surface area contributed by atoms with Gasteiger partial charge in [-0.15, -0.1) is 0 Å². The Morgan fingerprint density at radius 3 is 1.96 bits per heavy atom. The third-order valence-electron chi connectivity index (χ3n) is 4.90. The lowest BCUT2D eigenvalue weighted by Crippen LogP contribution is -1.97. The standard InChI is InChI=1S/C25H16O2/c26-25-20(16-24(27-25)17-8-2-1-3-9-17)15-23-21-12-6-4-10-18(21)14-19-11-5-7-13-22(19)23/h1-16H. The fourth-order valence-electron chi connectivity index (χ4n) is 3.59. The first kappa shape index (κ1) is 15.6. The predicted octanol–water partition coefficient (Wildman–Crippen LogP) is 5.97. The molecule has 5 rings (SSSR count). The number of fused-ring (bicyclic) bond motifs is 2. The summed E-state index contributed by atoms with van der Waals surface area (Å²) in [5, 5.41) is 4.56. The van der Waals surface area contributed by atoms with Gasteiger partial charge in [-0.05, 0) is 45.3 Å². The third-order valence-corrected chi connectivity index (χ3v) is 4.90. The van der Waals surface area contributed by atoms with Crippen molar-refractivity contribution >= 4 is 39.3 Å². The number of hydrogen-bond donors (Lipinski definition) is 0. The van der Waals surface area contributed by atoms with Crippen molar-refractivity contribution in [2.75, 3.05) is 0 Å². The van der Waals surface area contributed by atoms with Crippen molar-refractivity contribution in [3.8, 4) is 0 Å². The van der Waals surface area contributed by atoms with Gasteiger partial charge in [0.1, 0.15) is 5.76 Å². The minimum absolute atomic E-state index is 0.314. The summed E-state index contributed by atoms with van der Waals surface area (Å²) in [5.74, 6) is 0.280. The van der Waals surface area contributed by atoms with E-state index in [-0.39, 0.29) is 5.97 Å². The van der Waals surface area contributed by atoms with Crippen molar-refractivity contribution in [1.29, 1.82) is 0 Å². The molecule has 0 N–H and O–H groups in total. The average molecular weight is 348 g/mol. The van der Waals surface area contributed by atoms with Gasteiger partial charge < -0.3 is 4.74 Å². The Kier molecular flexibility index (Phi) is 3.61. The number of rotatable bonds is 2. The number of carbonyl (C=O) groups excluding carboxylic acids is 1. The fraction of sp³-hybridized carbons (Fsp3) is 0. The van der Waals surface area contributed by atoms with Crippen LogP contribution < -0.4 is 0 Å². The number of cyclic esters (lactones) is 1. The maximum Gasteiger partial charge on any atom is 0.343 e. The molecule has 1 aliphatic heterocycles. The first-order valence-electron chi connectivity index (χ1n) is 8.91. The van der Waals surface area contributed by atoms with Gasteiger partial charge in [0.15, 0.2) is 0 Å². The summed E-state index contributed by atoms with van der Waals surface area (Å²) in [5.41, 5.74) is 2.51. The van der Waals surface area contributed by atoms with Crippen LogP contribution in [0.15, 0.2) is 96.6 Å². The van der Waals surface area contributed by atoms with Gasteiger partial charge in [0.05, 0.1) is 5.57 Å². The van der Waals surface area contributed by atoms with Crippen LogP contribution in [-0.4, -0.2) is 5.97 Å². The molecule has 0 spiro atoms. The van der Waals surface area contributed by atoms with Crippen molar-refractivity contribution < 1.29 is 9.53 Å². The molecule has 128 valence electrons. The maximum atomic E-state index is 12.5. The molecule has 0 atom stereocenters. The van der Waals surface area contributed by atoms with E-state index in [1.807, 2.05) is 66.7 Å². The number of benzene rings is 4. The molecule has 0 aliphatic carbocycles. The number of ether oxygens (including phenoxy) is 1. The molecule has 1 heterocycles. The number of carbonyl (C=O) groups is 1. The van der Waals surface area contributed by atoms with Crippen LogP contribution in [0.25, 0.3) is 33.4 Å². The smallest absolute Gasteiger partial charge is 0.343 e. The van der Waals surface area contributed by atoms with Gasteiger partial charge in [0.2, 0.25) is 0 Å². The third kappa shape index (κ3) is 2.72. The van der Waals surface area contributed by atoms with E-state index in [4.69, 9.17) is 4.74 Å². The van der Waals surface area contributed by atoms with Crippen LogP contribution in [0.5, 0.6) is 0 Å². The summed E-state index contributed by atoms with van der Waals surface area (Å²) >= 11 is 0. The van der Waals surface area contributed by atoms with E-state index < -0.39 is 0 Å². The topological polar surface area (TPSA) is 26.3 Å². The molecule has 4 aromatic rings. The summed E-state index contributed by atoms with van der Waals surface area (Å²) in [6, 6.07) is 28.4. The minimum atomic E-state index is -0.314. The molecule has 0 saturated heterocycles. The van der Waals surface area contributed by atoms with Crippen LogP contribution in [0.4, 0.5) is 0 Å². The highest BCUT2D eigenvalue weighted by Gasteiger charge is 2.22. The van der Waals surface area contributed by atoms with Crippen LogP contribution >= 0.6 is 0 Å². The van der Waals surface area contributed by atoms with Gasteiger partial charge in [-0.25, -0.2) is 4.79 Å². The quantitative estimate of drug-likeness (QED) is 0.253. The lowest BCUT2D eigenvalue weighted by atomic mass is 9.95. The normalized spacial score (nSPS) is 15.3. The number of esters is 1. The highest BCUT2D eigenvalue weighted by atomic mass is 16.5. The minimum Gasteiger partial charge on any atom is -0.422 e. The van der Waals surface area contributed by atoms with Gasteiger partial charge in [0.25, 0.3) is 0 Å². The Balaban J connectivity index is 1.73. The molecule has 0 saturated carbocycles. The van der Waals surface area contributed by atoms with Crippen LogP contribution in [0.2, 0.25) is 0 Å². The van der Waals surface area contributed by atoms with Crippen molar-refractivity contribution in [2.45, 2.75) is 0 Å². The Morgan fingerprint density at radius 1 is 0.704 bits per heavy atom. The lowest BCUT2D eigenvalue weighted by molar-refractivity contribution is -0.130. The van der Waals surface area contributed by atoms with E-state index in [0.717, 1.165) is 32.7 Å². The fourth-order valence-corrected chi connectivity index (χ4v) is 3.59. The first-order valence-corrected chi connectivity index (χ1v) is 8.91. The van der Waals surface area contributed by atoms with Crippen molar-refractivity contribution in [3.05, 3.63) is 108 Å². The summed E-state index contributed by atoms with van der Waals surface area (Å²) in [6.07, 6.45) is 3.77. The summed E-state index contributed by atoms with van der Waals surface area (Å²) in [4.78, 5) is 12.5. The average Bonchev–Trinajstić information content (AvgIpc) is 3.09. The Labute approximate surface area is 157 Å². The Morgan fingerprint density at radius 2 is 1.30 bits per heavy atom. The van der Waals surface area contributed by atoms with Crippen LogP contribution in [0, 0.1) is 0 Å². The van der Waals surface area contributed by atoms with E-state index in [1.165, 1.54) is 0 Å². The molecular formula is C25H16O2. The van der Waals surface area contributed by atoms with Crippen LogP contribution in [-0.2, 0) is 9.53 Å². The SMILES string of the molecule is O=C1OC(c2ccccc2)=CC1=Cc1c2ccccc2cc2ccccc12. The van der Waals surface area contributed by atoms with Gasteiger partial charge in [0, 0.05) is 5.56 Å². The molecule has 2 nitrogen and oxygen atoms in total. The molecule has 0 bridgehead atoms. The zero-order valence-electron chi connectivity index (χ0n) is 14.6. The Bertz CT molecular complexity index is 1190. The van der Waals surface area contributed by atoms with Gasteiger partial charge in [-0.1, -0.05) is 78.9 Å². The summed E-state index contributed by atoms with van der Waals surface area (Å²) < 4.78 is 5.51. The second-order valence-corrected chi connectivity index (χ2v) is 6.60. The Hall–Kier alpha value is -3.65. The molecule has 4 aromatic carbocycles. The summed E-state index contributed by atoms with van der Waals surface area (Å²) in [6.45, 7) is 0.